The number of nitrogens with zero attached hydrogens (tertiary/aromatic N) is 4. The Morgan fingerprint density at radius 2 is 1.68 bits per heavy atom. The second-order valence-corrected chi connectivity index (χ2v) is 15.1. The molecule has 1 saturated heterocycles. The first-order chi connectivity index (χ1) is 22.6. The van der Waals surface area contributed by atoms with Crippen molar-refractivity contribution in [3.8, 4) is 23.1 Å². The third-order valence-electron chi connectivity index (χ3n) is 8.77. The van der Waals surface area contributed by atoms with Crippen molar-refractivity contribution in [2.24, 2.45) is 0 Å². The molecule has 3 aromatic carbocycles. The monoisotopic (exact) mass is 691 g/mol. The lowest BCUT2D eigenvalue weighted by Gasteiger charge is -2.26. The molecular weight excluding hydrogens is 653 g/mol. The predicted molar refractivity (Wildman–Crippen MR) is 188 cm³/mol. The van der Waals surface area contributed by atoms with E-state index in [4.69, 9.17) is 28.3 Å². The Bertz CT molecular complexity index is 1880. The standard InChI is InChI=1S/C36H39Cl2N5O3S/c1-47(45,46)42-20-16-35-33(25-42)36(40-43(35)18-2-17-41-19-15-32(44)24-41)30-11-14-34(38)29(21-30)10-7-26-3-5-27(6-4-26)22-39-23-28-8-12-31(37)13-9-28/h3-6,8-9,11-14,21,32,39,44H,2,15-20,22-25H2,1H3/t32-/m0/s1. The summed E-state index contributed by atoms with van der Waals surface area (Å²) >= 11 is 12.6. The second kappa shape index (κ2) is 14.9. The summed E-state index contributed by atoms with van der Waals surface area (Å²) in [6, 6.07) is 21.7. The summed E-state index contributed by atoms with van der Waals surface area (Å²) in [6.07, 6.45) is 3.33. The minimum Gasteiger partial charge on any atom is -0.392 e. The van der Waals surface area contributed by atoms with E-state index in [0.29, 0.717) is 30.1 Å². The number of sulfonamides is 1. The molecule has 2 aliphatic heterocycles. The minimum atomic E-state index is -3.35. The van der Waals surface area contributed by atoms with Gasteiger partial charge in [-0.05, 0) is 60.4 Å². The molecule has 0 amide bonds. The average molecular weight is 693 g/mol. The van der Waals surface area contributed by atoms with E-state index in [-0.39, 0.29) is 12.6 Å². The van der Waals surface area contributed by atoms with Crippen LogP contribution in [0.5, 0.6) is 0 Å². The Hall–Kier alpha value is -3.20. The largest absolute Gasteiger partial charge is 0.392 e. The molecule has 246 valence electrons. The van der Waals surface area contributed by atoms with Crippen molar-refractivity contribution < 1.29 is 13.5 Å². The number of hydrogen-bond acceptors (Lipinski definition) is 6. The molecule has 47 heavy (non-hydrogen) atoms. The maximum absolute atomic E-state index is 12.5. The lowest BCUT2D eigenvalue weighted by molar-refractivity contribution is 0.175. The van der Waals surface area contributed by atoms with Crippen LogP contribution in [-0.2, 0) is 42.6 Å². The van der Waals surface area contributed by atoms with Gasteiger partial charge in [-0.15, -0.1) is 0 Å². The summed E-state index contributed by atoms with van der Waals surface area (Å²) < 4.78 is 28.5. The van der Waals surface area contributed by atoms with E-state index < -0.39 is 10.0 Å². The SMILES string of the molecule is CS(=O)(=O)N1CCc2c(c(-c3ccc(Cl)c(C#Cc4ccc(CNCc5ccc(Cl)cc5)cc4)c3)nn2CCCN2CC[C@H](O)C2)C1. The van der Waals surface area contributed by atoms with Gasteiger partial charge in [-0.3, -0.25) is 4.68 Å². The number of β-amino-alcohol motifs (C(OH)–C–C–N with tert-alkyl or cyclic N) is 1. The molecule has 1 atom stereocenters. The fourth-order valence-electron chi connectivity index (χ4n) is 6.19. The fourth-order valence-corrected chi connectivity index (χ4v) is 7.27. The van der Waals surface area contributed by atoms with Crippen LogP contribution in [0, 0.1) is 11.8 Å². The van der Waals surface area contributed by atoms with Gasteiger partial charge in [0, 0.05) is 91.7 Å². The normalized spacial score (nSPS) is 17.0. The van der Waals surface area contributed by atoms with Crippen LogP contribution in [0.2, 0.25) is 10.0 Å². The maximum atomic E-state index is 12.5. The first-order valence-electron chi connectivity index (χ1n) is 15.9. The third kappa shape index (κ3) is 8.64. The van der Waals surface area contributed by atoms with Gasteiger partial charge in [-0.25, -0.2) is 8.42 Å². The van der Waals surface area contributed by atoms with E-state index in [1.165, 1.54) is 16.1 Å². The van der Waals surface area contributed by atoms with Crippen LogP contribution in [0.1, 0.15) is 46.4 Å². The second-order valence-electron chi connectivity index (χ2n) is 12.3. The van der Waals surface area contributed by atoms with Gasteiger partial charge in [0.05, 0.1) is 23.1 Å². The zero-order valence-corrected chi connectivity index (χ0v) is 28.8. The number of aliphatic hydroxyl groups is 1. The molecule has 0 saturated carbocycles. The molecule has 0 bridgehead atoms. The number of nitrogens with one attached hydrogen (secondary N) is 1. The highest BCUT2D eigenvalue weighted by atomic mass is 35.5. The number of benzene rings is 3. The van der Waals surface area contributed by atoms with Gasteiger partial charge < -0.3 is 15.3 Å². The number of aromatic nitrogens is 2. The first-order valence-corrected chi connectivity index (χ1v) is 18.5. The number of likely N-dealkylation sites (tertiary alicyclic amines) is 1. The molecule has 3 heterocycles. The number of halogens is 2. The Morgan fingerprint density at radius 1 is 0.957 bits per heavy atom. The van der Waals surface area contributed by atoms with Crippen molar-refractivity contribution in [1.29, 1.82) is 0 Å². The molecule has 8 nitrogen and oxygen atoms in total. The molecule has 11 heteroatoms. The average Bonchev–Trinajstić information content (AvgIpc) is 3.64. The quantitative estimate of drug-likeness (QED) is 0.219. The zero-order chi connectivity index (χ0) is 33.0. The summed E-state index contributed by atoms with van der Waals surface area (Å²) in [4.78, 5) is 2.28. The number of fused-ring (bicyclic) bond motifs is 1. The molecule has 1 aromatic heterocycles. The van der Waals surface area contributed by atoms with Gasteiger partial charge in [-0.1, -0.05) is 65.4 Å². The summed E-state index contributed by atoms with van der Waals surface area (Å²) in [7, 11) is -3.35. The fraction of sp³-hybridized carbons (Fsp3) is 0.361. The van der Waals surface area contributed by atoms with Crippen molar-refractivity contribution in [2.75, 3.05) is 32.4 Å². The highest BCUT2D eigenvalue weighted by molar-refractivity contribution is 7.88. The van der Waals surface area contributed by atoms with E-state index >= 15 is 0 Å². The molecule has 2 N–H and O–H groups in total. The maximum Gasteiger partial charge on any atom is 0.211 e. The topological polar surface area (TPSA) is 90.7 Å². The highest BCUT2D eigenvalue weighted by Crippen LogP contribution is 2.33. The molecule has 1 fully saturated rings. The van der Waals surface area contributed by atoms with Gasteiger partial charge in [0.1, 0.15) is 0 Å². The van der Waals surface area contributed by atoms with E-state index in [0.717, 1.165) is 84.2 Å². The third-order valence-corrected chi connectivity index (χ3v) is 10.6. The van der Waals surface area contributed by atoms with E-state index in [1.807, 2.05) is 59.3 Å². The Labute approximate surface area is 287 Å². The number of hydrogen-bond donors (Lipinski definition) is 2. The first kappa shape index (κ1) is 33.7. The molecule has 0 spiro atoms. The summed E-state index contributed by atoms with van der Waals surface area (Å²) in [5.74, 6) is 6.49. The van der Waals surface area contributed by atoms with Gasteiger partial charge in [0.15, 0.2) is 0 Å². The van der Waals surface area contributed by atoms with E-state index in [9.17, 15) is 13.5 Å². The van der Waals surface area contributed by atoms with Gasteiger partial charge in [-0.2, -0.15) is 9.40 Å². The predicted octanol–water partition coefficient (Wildman–Crippen LogP) is 5.32. The lowest BCUT2D eigenvalue weighted by atomic mass is 10.0. The van der Waals surface area contributed by atoms with Crippen LogP contribution >= 0.6 is 23.2 Å². The number of aliphatic hydroxyl groups excluding tert-OH is 1. The van der Waals surface area contributed by atoms with Crippen molar-refractivity contribution in [3.63, 3.8) is 0 Å². The zero-order valence-electron chi connectivity index (χ0n) is 26.4. The van der Waals surface area contributed by atoms with Crippen LogP contribution in [-0.4, -0.2) is 71.0 Å². The number of rotatable bonds is 10. The van der Waals surface area contributed by atoms with Gasteiger partial charge in [0.25, 0.3) is 0 Å². The minimum absolute atomic E-state index is 0.240. The molecular formula is C36H39Cl2N5O3S. The van der Waals surface area contributed by atoms with Crippen molar-refractivity contribution in [1.82, 2.24) is 24.3 Å². The van der Waals surface area contributed by atoms with Gasteiger partial charge >= 0.3 is 0 Å². The Morgan fingerprint density at radius 3 is 2.36 bits per heavy atom. The summed E-state index contributed by atoms with van der Waals surface area (Å²) in [5.41, 5.74) is 7.52. The van der Waals surface area contributed by atoms with Crippen molar-refractivity contribution in [2.45, 2.75) is 51.5 Å². The van der Waals surface area contributed by atoms with Crippen molar-refractivity contribution >= 4 is 33.2 Å². The molecule has 0 radical (unpaired) electrons. The molecule has 6 rings (SSSR count). The van der Waals surface area contributed by atoms with E-state index in [2.05, 4.69) is 34.2 Å². The van der Waals surface area contributed by atoms with Crippen LogP contribution < -0.4 is 5.32 Å². The van der Waals surface area contributed by atoms with Crippen LogP contribution in [0.3, 0.4) is 0 Å². The lowest BCUT2D eigenvalue weighted by Crippen LogP contribution is -2.35. The summed E-state index contributed by atoms with van der Waals surface area (Å²) in [6.45, 7) is 5.44. The highest BCUT2D eigenvalue weighted by Gasteiger charge is 2.30. The summed E-state index contributed by atoms with van der Waals surface area (Å²) in [5, 5.41) is 19.6. The van der Waals surface area contributed by atoms with Crippen LogP contribution in [0.4, 0.5) is 0 Å². The smallest absolute Gasteiger partial charge is 0.211 e. The van der Waals surface area contributed by atoms with E-state index in [1.54, 1.807) is 0 Å². The van der Waals surface area contributed by atoms with Gasteiger partial charge in [0.2, 0.25) is 10.0 Å². The Kier molecular flexibility index (Phi) is 10.7. The Balaban J connectivity index is 1.18. The molecule has 0 aliphatic carbocycles. The molecule has 2 aliphatic rings. The van der Waals surface area contributed by atoms with Crippen molar-refractivity contribution in [3.05, 3.63) is 110 Å². The number of aryl methyl sites for hydroxylation is 1. The van der Waals surface area contributed by atoms with Crippen LogP contribution in [0.15, 0.2) is 66.7 Å². The van der Waals surface area contributed by atoms with Crippen LogP contribution in [0.25, 0.3) is 11.3 Å². The molecule has 0 unspecified atom stereocenters. The molecule has 4 aromatic rings.